The minimum absolute atomic E-state index is 0.773. The second-order valence-corrected chi connectivity index (χ2v) is 5.89. The highest BCUT2D eigenvalue weighted by Gasteiger charge is 2.09. The highest BCUT2D eigenvalue weighted by molar-refractivity contribution is 14.1. The highest BCUT2D eigenvalue weighted by atomic mass is 127. The van der Waals surface area contributed by atoms with E-state index in [-0.39, 0.29) is 0 Å². The molecule has 1 N–H and O–H groups in total. The molecule has 100 valence electrons. The number of hydrogen-bond donors (Lipinski definition) is 1. The number of anilines is 1. The van der Waals surface area contributed by atoms with Gasteiger partial charge in [0.1, 0.15) is 11.6 Å². The molecule has 0 radical (unpaired) electrons. The Kier molecular flexibility index (Phi) is 4.39. The van der Waals surface area contributed by atoms with Crippen LogP contribution in [0.4, 0.5) is 5.82 Å². The van der Waals surface area contributed by atoms with E-state index in [0.717, 1.165) is 27.3 Å². The van der Waals surface area contributed by atoms with Gasteiger partial charge in [0.2, 0.25) is 0 Å². The zero-order valence-corrected chi connectivity index (χ0v) is 13.9. The Morgan fingerprint density at radius 2 is 1.68 bits per heavy atom. The molecule has 2 aromatic rings. The summed E-state index contributed by atoms with van der Waals surface area (Å²) in [5, 5.41) is 3.13. The minimum Gasteiger partial charge on any atom is -0.372 e. The molecule has 0 fully saturated rings. The molecule has 0 bridgehead atoms. The van der Waals surface area contributed by atoms with E-state index in [0.29, 0.717) is 0 Å². The van der Waals surface area contributed by atoms with Crippen LogP contribution in [0.1, 0.15) is 28.2 Å². The van der Waals surface area contributed by atoms with Gasteiger partial charge in [-0.05, 0) is 48.9 Å². The SMILES string of the molecule is CNc1nc(Cc2cc(C)cc(C)c2)nc(C)c1I. The maximum Gasteiger partial charge on any atom is 0.143 e. The van der Waals surface area contributed by atoms with Gasteiger partial charge in [0.05, 0.1) is 9.26 Å². The Balaban J connectivity index is 2.35. The van der Waals surface area contributed by atoms with Crippen LogP contribution < -0.4 is 5.32 Å². The fraction of sp³-hybridized carbons (Fsp3) is 0.333. The van der Waals surface area contributed by atoms with E-state index in [9.17, 15) is 0 Å². The highest BCUT2D eigenvalue weighted by Crippen LogP contribution is 2.19. The standard InChI is InChI=1S/C15H18IN3/c1-9-5-10(2)7-12(6-9)8-13-18-11(3)14(16)15(17-4)19-13/h5-7H,8H2,1-4H3,(H,17,18,19). The minimum atomic E-state index is 0.773. The average molecular weight is 367 g/mol. The monoisotopic (exact) mass is 367 g/mol. The van der Waals surface area contributed by atoms with Crippen LogP contribution in [0, 0.1) is 24.3 Å². The van der Waals surface area contributed by atoms with Crippen LogP contribution in [0.15, 0.2) is 18.2 Å². The first-order chi connectivity index (χ1) is 8.99. The van der Waals surface area contributed by atoms with Crippen molar-refractivity contribution in [1.82, 2.24) is 9.97 Å². The summed E-state index contributed by atoms with van der Waals surface area (Å²) in [4.78, 5) is 9.15. The Hall–Kier alpha value is -1.17. The molecule has 0 atom stereocenters. The molecule has 2 rings (SSSR count). The molecule has 0 aliphatic carbocycles. The van der Waals surface area contributed by atoms with E-state index in [1.54, 1.807) is 0 Å². The Morgan fingerprint density at radius 3 is 2.26 bits per heavy atom. The van der Waals surface area contributed by atoms with Crippen LogP contribution in [0.5, 0.6) is 0 Å². The summed E-state index contributed by atoms with van der Waals surface area (Å²) < 4.78 is 1.09. The zero-order valence-electron chi connectivity index (χ0n) is 11.7. The molecule has 0 aliphatic rings. The topological polar surface area (TPSA) is 37.8 Å². The number of aromatic nitrogens is 2. The predicted molar refractivity (Wildman–Crippen MR) is 87.8 cm³/mol. The molecule has 1 aromatic carbocycles. The summed E-state index contributed by atoms with van der Waals surface area (Å²) in [5.74, 6) is 1.78. The maximum absolute atomic E-state index is 4.58. The van der Waals surface area contributed by atoms with Crippen molar-refractivity contribution in [1.29, 1.82) is 0 Å². The summed E-state index contributed by atoms with van der Waals surface area (Å²) >= 11 is 2.28. The van der Waals surface area contributed by atoms with Gasteiger partial charge in [0.25, 0.3) is 0 Å². The molecular weight excluding hydrogens is 349 g/mol. The lowest BCUT2D eigenvalue weighted by atomic mass is 10.0. The van der Waals surface area contributed by atoms with Crippen LogP contribution >= 0.6 is 22.6 Å². The number of rotatable bonds is 3. The van der Waals surface area contributed by atoms with E-state index in [2.05, 4.69) is 69.9 Å². The summed E-state index contributed by atoms with van der Waals surface area (Å²) in [7, 11) is 1.89. The zero-order chi connectivity index (χ0) is 14.0. The van der Waals surface area contributed by atoms with Gasteiger partial charge in [0, 0.05) is 13.5 Å². The Labute approximate surface area is 128 Å². The lowest BCUT2D eigenvalue weighted by Gasteiger charge is -2.09. The number of aryl methyl sites for hydroxylation is 3. The molecule has 0 saturated heterocycles. The summed E-state index contributed by atoms with van der Waals surface area (Å²) in [6, 6.07) is 6.58. The molecule has 3 nitrogen and oxygen atoms in total. The van der Waals surface area contributed by atoms with Crippen molar-refractivity contribution in [3.8, 4) is 0 Å². The second-order valence-electron chi connectivity index (χ2n) is 4.81. The van der Waals surface area contributed by atoms with Gasteiger partial charge >= 0.3 is 0 Å². The maximum atomic E-state index is 4.58. The van der Waals surface area contributed by atoms with E-state index in [1.807, 2.05) is 14.0 Å². The smallest absolute Gasteiger partial charge is 0.143 e. The summed E-state index contributed by atoms with van der Waals surface area (Å²) in [6.45, 7) is 6.26. The van der Waals surface area contributed by atoms with Crippen molar-refractivity contribution in [3.05, 3.63) is 50.0 Å². The second kappa shape index (κ2) is 5.86. The molecule has 0 aliphatic heterocycles. The largest absolute Gasteiger partial charge is 0.372 e. The van der Waals surface area contributed by atoms with Crippen LogP contribution in [0.3, 0.4) is 0 Å². The quantitative estimate of drug-likeness (QED) is 0.842. The third-order valence-electron chi connectivity index (χ3n) is 2.94. The molecule has 1 heterocycles. The van der Waals surface area contributed by atoms with Crippen LogP contribution in [0.2, 0.25) is 0 Å². The molecule has 0 amide bonds. The first kappa shape index (κ1) is 14.2. The first-order valence-corrected chi connectivity index (χ1v) is 7.35. The number of nitrogens with zero attached hydrogens (tertiary/aromatic N) is 2. The van der Waals surface area contributed by atoms with Crippen LogP contribution in [0.25, 0.3) is 0 Å². The van der Waals surface area contributed by atoms with Gasteiger partial charge in [-0.1, -0.05) is 29.3 Å². The first-order valence-electron chi connectivity index (χ1n) is 6.27. The lowest BCUT2D eigenvalue weighted by molar-refractivity contribution is 0.933. The van der Waals surface area contributed by atoms with Gasteiger partial charge < -0.3 is 5.32 Å². The van der Waals surface area contributed by atoms with E-state index < -0.39 is 0 Å². The van der Waals surface area contributed by atoms with Crippen LogP contribution in [-0.4, -0.2) is 17.0 Å². The number of nitrogens with one attached hydrogen (secondary N) is 1. The molecular formula is C15H18IN3. The average Bonchev–Trinajstić information content (AvgIpc) is 2.32. The molecule has 19 heavy (non-hydrogen) atoms. The summed E-state index contributed by atoms with van der Waals surface area (Å²) in [6.07, 6.45) is 0.773. The van der Waals surface area contributed by atoms with Gasteiger partial charge in [-0.2, -0.15) is 0 Å². The molecule has 0 unspecified atom stereocenters. The third kappa shape index (κ3) is 3.43. The van der Waals surface area contributed by atoms with Crippen molar-refractivity contribution in [3.63, 3.8) is 0 Å². The fourth-order valence-corrected chi connectivity index (χ4v) is 2.73. The predicted octanol–water partition coefficient (Wildman–Crippen LogP) is 3.64. The molecule has 4 heteroatoms. The van der Waals surface area contributed by atoms with Crippen molar-refractivity contribution in [2.75, 3.05) is 12.4 Å². The normalized spacial score (nSPS) is 10.6. The summed E-state index contributed by atoms with van der Waals surface area (Å²) in [5.41, 5.74) is 4.86. The number of hydrogen-bond acceptors (Lipinski definition) is 3. The Bertz CT molecular complexity index is 588. The molecule has 0 spiro atoms. The lowest BCUT2D eigenvalue weighted by Crippen LogP contribution is -2.06. The van der Waals surface area contributed by atoms with Crippen molar-refractivity contribution in [2.45, 2.75) is 27.2 Å². The number of benzene rings is 1. The van der Waals surface area contributed by atoms with E-state index in [1.165, 1.54) is 16.7 Å². The fourth-order valence-electron chi connectivity index (χ4n) is 2.22. The van der Waals surface area contributed by atoms with Crippen molar-refractivity contribution in [2.24, 2.45) is 0 Å². The van der Waals surface area contributed by atoms with Gasteiger partial charge in [-0.25, -0.2) is 9.97 Å². The number of halogens is 1. The van der Waals surface area contributed by atoms with E-state index >= 15 is 0 Å². The Morgan fingerprint density at radius 1 is 1.05 bits per heavy atom. The third-order valence-corrected chi connectivity index (χ3v) is 4.24. The van der Waals surface area contributed by atoms with E-state index in [4.69, 9.17) is 0 Å². The van der Waals surface area contributed by atoms with Crippen molar-refractivity contribution < 1.29 is 0 Å². The van der Waals surface area contributed by atoms with Crippen LogP contribution in [-0.2, 0) is 6.42 Å². The molecule has 1 aromatic heterocycles. The van der Waals surface area contributed by atoms with Gasteiger partial charge in [-0.3, -0.25) is 0 Å². The molecule has 0 saturated carbocycles. The van der Waals surface area contributed by atoms with Crippen molar-refractivity contribution >= 4 is 28.4 Å². The van der Waals surface area contributed by atoms with Gasteiger partial charge in [-0.15, -0.1) is 0 Å². The van der Waals surface area contributed by atoms with Gasteiger partial charge in [0.15, 0.2) is 0 Å².